The van der Waals surface area contributed by atoms with Gasteiger partial charge < -0.3 is 0 Å². The van der Waals surface area contributed by atoms with Crippen LogP contribution in [0.2, 0.25) is 0 Å². The van der Waals surface area contributed by atoms with Crippen molar-refractivity contribution in [2.45, 2.75) is 24.8 Å². The number of benzene rings is 2. The molecule has 0 aliphatic heterocycles. The van der Waals surface area contributed by atoms with Crippen molar-refractivity contribution in [2.24, 2.45) is 0 Å². The molecule has 0 fully saturated rings. The number of H-pyrrole nitrogens is 1. The number of hydrogen-bond donors (Lipinski definition) is 1. The normalized spacial score (nSPS) is 11.2. The first-order valence-corrected chi connectivity index (χ1v) is 9.44. The standard InChI is InChI=1S/C20H17FN4OS/c1-12-3-7-15(8-4-12)17-13(2)24-25-18(17)22-19(23-20(25)26)27-11-14-5-9-16(21)10-6-14/h3-10H,11H2,1-2H3,(H,22,23,26). The van der Waals surface area contributed by atoms with Gasteiger partial charge in [-0.2, -0.15) is 9.61 Å². The van der Waals surface area contributed by atoms with Gasteiger partial charge in [0, 0.05) is 11.3 Å². The second-order valence-electron chi connectivity index (χ2n) is 6.32. The molecule has 27 heavy (non-hydrogen) atoms. The fourth-order valence-electron chi connectivity index (χ4n) is 2.89. The van der Waals surface area contributed by atoms with Crippen molar-refractivity contribution in [3.05, 3.63) is 81.7 Å². The number of aromatic nitrogens is 4. The molecule has 5 nitrogen and oxygen atoms in total. The summed E-state index contributed by atoms with van der Waals surface area (Å²) in [6.45, 7) is 3.90. The highest BCUT2D eigenvalue weighted by Gasteiger charge is 2.16. The Morgan fingerprint density at radius 3 is 2.48 bits per heavy atom. The van der Waals surface area contributed by atoms with Crippen LogP contribution in [0.4, 0.5) is 4.39 Å². The van der Waals surface area contributed by atoms with Gasteiger partial charge in [0.25, 0.3) is 0 Å². The molecule has 4 rings (SSSR count). The summed E-state index contributed by atoms with van der Waals surface area (Å²) >= 11 is 1.39. The van der Waals surface area contributed by atoms with Crippen LogP contribution in [-0.4, -0.2) is 19.6 Å². The lowest BCUT2D eigenvalue weighted by Gasteiger charge is -2.04. The van der Waals surface area contributed by atoms with Crippen LogP contribution in [0.3, 0.4) is 0 Å². The SMILES string of the molecule is Cc1ccc(-c2c(C)nn3c(=O)[nH]c(SCc4ccc(F)cc4)nc23)cc1. The van der Waals surface area contributed by atoms with E-state index in [0.29, 0.717) is 16.6 Å². The van der Waals surface area contributed by atoms with E-state index in [4.69, 9.17) is 0 Å². The summed E-state index contributed by atoms with van der Waals surface area (Å²) in [5, 5.41) is 4.84. The van der Waals surface area contributed by atoms with Crippen molar-refractivity contribution < 1.29 is 4.39 Å². The number of hydrogen-bond acceptors (Lipinski definition) is 4. The second-order valence-corrected chi connectivity index (χ2v) is 7.29. The zero-order valence-electron chi connectivity index (χ0n) is 14.9. The first-order chi connectivity index (χ1) is 13.0. The third-order valence-corrected chi connectivity index (χ3v) is 5.22. The summed E-state index contributed by atoms with van der Waals surface area (Å²) in [7, 11) is 0. The van der Waals surface area contributed by atoms with Gasteiger partial charge in [-0.25, -0.2) is 14.2 Å². The van der Waals surface area contributed by atoms with Crippen LogP contribution in [0.1, 0.15) is 16.8 Å². The quantitative estimate of drug-likeness (QED) is 0.541. The van der Waals surface area contributed by atoms with Crippen LogP contribution in [-0.2, 0) is 5.75 Å². The first kappa shape index (κ1) is 17.5. The molecule has 2 heterocycles. The molecule has 2 aromatic heterocycles. The van der Waals surface area contributed by atoms with Gasteiger partial charge in [-0.1, -0.05) is 53.7 Å². The molecular weight excluding hydrogens is 363 g/mol. The highest BCUT2D eigenvalue weighted by Crippen LogP contribution is 2.28. The molecule has 0 saturated carbocycles. The molecule has 136 valence electrons. The van der Waals surface area contributed by atoms with Gasteiger partial charge in [0.1, 0.15) is 5.82 Å². The van der Waals surface area contributed by atoms with Gasteiger partial charge in [-0.15, -0.1) is 0 Å². The van der Waals surface area contributed by atoms with Gasteiger partial charge in [0.15, 0.2) is 10.8 Å². The van der Waals surface area contributed by atoms with Crippen LogP contribution in [0.15, 0.2) is 58.5 Å². The number of fused-ring (bicyclic) bond motifs is 1. The van der Waals surface area contributed by atoms with Crippen LogP contribution in [0, 0.1) is 19.7 Å². The predicted octanol–water partition coefficient (Wildman–Crippen LogP) is 4.13. The molecule has 0 aliphatic rings. The van der Waals surface area contributed by atoms with E-state index in [2.05, 4.69) is 15.1 Å². The van der Waals surface area contributed by atoms with E-state index in [1.807, 2.05) is 38.1 Å². The lowest BCUT2D eigenvalue weighted by atomic mass is 10.0. The van der Waals surface area contributed by atoms with E-state index >= 15 is 0 Å². The molecular formula is C20H17FN4OS. The molecule has 7 heteroatoms. The van der Waals surface area contributed by atoms with Crippen molar-refractivity contribution in [3.8, 4) is 11.1 Å². The fourth-order valence-corrected chi connectivity index (χ4v) is 3.69. The third-order valence-electron chi connectivity index (χ3n) is 4.28. The minimum atomic E-state index is -0.330. The van der Waals surface area contributed by atoms with Gasteiger partial charge in [-0.05, 0) is 37.1 Å². The van der Waals surface area contributed by atoms with Gasteiger partial charge in [0.2, 0.25) is 0 Å². The Labute approximate surface area is 159 Å². The summed E-state index contributed by atoms with van der Waals surface area (Å²) in [6, 6.07) is 14.3. The predicted molar refractivity (Wildman–Crippen MR) is 104 cm³/mol. The molecule has 0 bridgehead atoms. The zero-order valence-corrected chi connectivity index (χ0v) is 15.7. The number of halogens is 1. The van der Waals surface area contributed by atoms with Crippen LogP contribution in [0.5, 0.6) is 0 Å². The maximum Gasteiger partial charge on any atom is 0.350 e. The summed E-state index contributed by atoms with van der Waals surface area (Å²) in [5.74, 6) is 0.306. The third kappa shape index (κ3) is 3.50. The van der Waals surface area contributed by atoms with Crippen molar-refractivity contribution in [3.63, 3.8) is 0 Å². The molecule has 4 aromatic rings. The molecule has 0 atom stereocenters. The topological polar surface area (TPSA) is 63.1 Å². The molecule has 0 aliphatic carbocycles. The van der Waals surface area contributed by atoms with E-state index in [-0.39, 0.29) is 11.5 Å². The minimum Gasteiger partial charge on any atom is -0.285 e. The highest BCUT2D eigenvalue weighted by atomic mass is 32.2. The van der Waals surface area contributed by atoms with Gasteiger partial charge in [0.05, 0.1) is 5.69 Å². The lowest BCUT2D eigenvalue weighted by molar-refractivity contribution is 0.627. The zero-order chi connectivity index (χ0) is 19.0. The Kier molecular flexibility index (Phi) is 4.53. The van der Waals surface area contributed by atoms with Crippen LogP contribution >= 0.6 is 11.8 Å². The number of thioether (sulfide) groups is 1. The highest BCUT2D eigenvalue weighted by molar-refractivity contribution is 7.98. The molecule has 0 unspecified atom stereocenters. The maximum absolute atomic E-state index is 13.0. The summed E-state index contributed by atoms with van der Waals surface area (Å²) < 4.78 is 14.3. The van der Waals surface area contributed by atoms with Gasteiger partial charge >= 0.3 is 5.69 Å². The minimum absolute atomic E-state index is 0.269. The summed E-state index contributed by atoms with van der Waals surface area (Å²) in [4.78, 5) is 19.8. The average Bonchev–Trinajstić information content (AvgIpc) is 2.99. The fraction of sp³-hybridized carbons (Fsp3) is 0.150. The number of nitrogens with one attached hydrogen (secondary N) is 1. The Balaban J connectivity index is 1.73. The molecule has 1 N–H and O–H groups in total. The number of rotatable bonds is 4. The molecule has 0 spiro atoms. The molecule has 0 saturated heterocycles. The van der Waals surface area contributed by atoms with Gasteiger partial charge in [-0.3, -0.25) is 4.98 Å². The largest absolute Gasteiger partial charge is 0.350 e. The molecule has 0 amide bonds. The van der Waals surface area contributed by atoms with E-state index in [0.717, 1.165) is 27.9 Å². The maximum atomic E-state index is 13.0. The first-order valence-electron chi connectivity index (χ1n) is 8.45. The Morgan fingerprint density at radius 2 is 1.78 bits per heavy atom. The smallest absolute Gasteiger partial charge is 0.285 e. The summed E-state index contributed by atoms with van der Waals surface area (Å²) in [6.07, 6.45) is 0. The van der Waals surface area contributed by atoms with E-state index in [9.17, 15) is 9.18 Å². The second kappa shape index (κ2) is 7.00. The molecule has 0 radical (unpaired) electrons. The van der Waals surface area contributed by atoms with E-state index < -0.39 is 0 Å². The Bertz CT molecular complexity index is 1160. The number of aryl methyl sites for hydroxylation is 2. The molecule has 2 aromatic carbocycles. The lowest BCUT2D eigenvalue weighted by Crippen LogP contribution is -2.19. The van der Waals surface area contributed by atoms with Crippen molar-refractivity contribution in [2.75, 3.05) is 0 Å². The average molecular weight is 380 g/mol. The van der Waals surface area contributed by atoms with Crippen molar-refractivity contribution in [1.29, 1.82) is 0 Å². The van der Waals surface area contributed by atoms with Crippen molar-refractivity contribution in [1.82, 2.24) is 19.6 Å². The van der Waals surface area contributed by atoms with Crippen LogP contribution < -0.4 is 5.69 Å². The van der Waals surface area contributed by atoms with E-state index in [1.165, 1.54) is 28.4 Å². The Morgan fingerprint density at radius 1 is 1.07 bits per heavy atom. The van der Waals surface area contributed by atoms with Crippen LogP contribution in [0.25, 0.3) is 16.8 Å². The Hall–Kier alpha value is -2.93. The summed E-state index contributed by atoms with van der Waals surface area (Å²) in [5.41, 5.74) is 4.88. The van der Waals surface area contributed by atoms with E-state index in [1.54, 1.807) is 12.1 Å². The monoisotopic (exact) mass is 380 g/mol. The number of aromatic amines is 1. The van der Waals surface area contributed by atoms with Crippen molar-refractivity contribution >= 4 is 17.4 Å². The number of nitrogens with zero attached hydrogens (tertiary/aromatic N) is 3.